The van der Waals surface area contributed by atoms with Gasteiger partial charge in [-0.05, 0) is 31.1 Å². The first-order valence-electron chi connectivity index (χ1n) is 7.60. The maximum Gasteiger partial charge on any atom is 0.315 e. The Morgan fingerprint density at radius 2 is 2.05 bits per heavy atom. The smallest absolute Gasteiger partial charge is 0.315 e. The van der Waals surface area contributed by atoms with Crippen LogP contribution in [0.1, 0.15) is 59.3 Å². The van der Waals surface area contributed by atoms with Crippen LogP contribution in [-0.2, 0) is 4.79 Å². The van der Waals surface area contributed by atoms with E-state index in [-0.39, 0.29) is 23.4 Å². The van der Waals surface area contributed by atoms with Crippen molar-refractivity contribution in [1.29, 1.82) is 0 Å². The van der Waals surface area contributed by atoms with E-state index in [4.69, 9.17) is 5.11 Å². The highest BCUT2D eigenvalue weighted by atomic mass is 16.4. The zero-order valence-electron chi connectivity index (χ0n) is 12.9. The molecule has 1 aliphatic carbocycles. The van der Waals surface area contributed by atoms with E-state index in [9.17, 15) is 9.59 Å². The Kier molecular flexibility index (Phi) is 6.30. The molecule has 2 amide bonds. The minimum absolute atomic E-state index is 0.132. The highest BCUT2D eigenvalue weighted by Gasteiger charge is 2.32. The number of carbonyl (C=O) groups is 2. The SMILES string of the molecule is CC(CCCNC(=O)NC1CCCCC1(C)C)C(=O)O. The van der Waals surface area contributed by atoms with Crippen molar-refractivity contribution < 1.29 is 14.7 Å². The lowest BCUT2D eigenvalue weighted by Gasteiger charge is -2.38. The summed E-state index contributed by atoms with van der Waals surface area (Å²) in [6.07, 6.45) is 5.87. The van der Waals surface area contributed by atoms with Gasteiger partial charge in [-0.25, -0.2) is 4.79 Å². The van der Waals surface area contributed by atoms with Gasteiger partial charge in [0, 0.05) is 12.6 Å². The molecule has 5 heteroatoms. The zero-order chi connectivity index (χ0) is 15.2. The lowest BCUT2D eigenvalue weighted by atomic mass is 9.73. The molecule has 0 aromatic rings. The van der Waals surface area contributed by atoms with Crippen molar-refractivity contribution in [2.45, 2.75) is 65.3 Å². The quantitative estimate of drug-likeness (QED) is 0.656. The van der Waals surface area contributed by atoms with Crippen LogP contribution in [0.4, 0.5) is 4.79 Å². The summed E-state index contributed by atoms with van der Waals surface area (Å²) in [5, 5.41) is 14.6. The Balaban J connectivity index is 2.21. The van der Waals surface area contributed by atoms with Crippen molar-refractivity contribution in [2.75, 3.05) is 6.54 Å². The first kappa shape index (κ1) is 16.8. The Labute approximate surface area is 121 Å². The van der Waals surface area contributed by atoms with Gasteiger partial charge in [-0.3, -0.25) is 4.79 Å². The number of aliphatic carboxylic acids is 1. The molecule has 0 radical (unpaired) electrons. The van der Waals surface area contributed by atoms with Gasteiger partial charge >= 0.3 is 12.0 Å². The van der Waals surface area contributed by atoms with Crippen LogP contribution in [0.15, 0.2) is 0 Å². The first-order chi connectivity index (χ1) is 9.33. The van der Waals surface area contributed by atoms with Crippen molar-refractivity contribution in [1.82, 2.24) is 10.6 Å². The maximum absolute atomic E-state index is 11.8. The summed E-state index contributed by atoms with van der Waals surface area (Å²) in [7, 11) is 0. The summed E-state index contributed by atoms with van der Waals surface area (Å²) < 4.78 is 0. The van der Waals surface area contributed by atoms with Crippen molar-refractivity contribution in [3.63, 3.8) is 0 Å². The van der Waals surface area contributed by atoms with Crippen LogP contribution in [-0.4, -0.2) is 29.7 Å². The fourth-order valence-electron chi connectivity index (χ4n) is 2.70. The summed E-state index contributed by atoms with van der Waals surface area (Å²) in [6.45, 7) is 6.61. The Hall–Kier alpha value is -1.26. The number of hydrogen-bond donors (Lipinski definition) is 3. The number of urea groups is 1. The highest BCUT2D eigenvalue weighted by molar-refractivity contribution is 5.74. The van der Waals surface area contributed by atoms with Gasteiger partial charge in [0.15, 0.2) is 0 Å². The second-order valence-electron chi connectivity index (χ2n) is 6.57. The monoisotopic (exact) mass is 284 g/mol. The summed E-state index contributed by atoms with van der Waals surface area (Å²) in [4.78, 5) is 22.5. The van der Waals surface area contributed by atoms with Crippen LogP contribution in [0.25, 0.3) is 0 Å². The van der Waals surface area contributed by atoms with Gasteiger partial charge in [0.2, 0.25) is 0 Å². The first-order valence-corrected chi connectivity index (χ1v) is 7.60. The molecule has 0 heterocycles. The van der Waals surface area contributed by atoms with Gasteiger partial charge in [0.05, 0.1) is 5.92 Å². The van der Waals surface area contributed by atoms with E-state index in [0.29, 0.717) is 19.4 Å². The molecule has 0 aromatic heterocycles. The second kappa shape index (κ2) is 7.50. The molecule has 0 spiro atoms. The zero-order valence-corrected chi connectivity index (χ0v) is 12.9. The predicted molar refractivity (Wildman–Crippen MR) is 78.6 cm³/mol. The van der Waals surface area contributed by atoms with E-state index in [1.54, 1.807) is 6.92 Å². The number of carbonyl (C=O) groups excluding carboxylic acids is 1. The lowest BCUT2D eigenvalue weighted by molar-refractivity contribution is -0.141. The standard InChI is InChI=1S/C15H28N2O3/c1-11(13(18)19)7-6-10-16-14(20)17-12-8-4-5-9-15(12,2)3/h11-12H,4-10H2,1-3H3,(H,18,19)(H2,16,17,20). The third-order valence-electron chi connectivity index (χ3n) is 4.33. The van der Waals surface area contributed by atoms with E-state index < -0.39 is 5.97 Å². The van der Waals surface area contributed by atoms with E-state index in [0.717, 1.165) is 12.8 Å². The number of carboxylic acid groups (broad SMARTS) is 1. The van der Waals surface area contributed by atoms with Crippen LogP contribution in [0.3, 0.4) is 0 Å². The van der Waals surface area contributed by atoms with Gasteiger partial charge in [-0.1, -0.05) is 33.6 Å². The average molecular weight is 284 g/mol. The summed E-state index contributed by atoms with van der Waals surface area (Å²) in [5.41, 5.74) is 0.160. The van der Waals surface area contributed by atoms with E-state index in [1.165, 1.54) is 12.8 Å². The van der Waals surface area contributed by atoms with Gasteiger partial charge in [-0.2, -0.15) is 0 Å². The van der Waals surface area contributed by atoms with Gasteiger partial charge < -0.3 is 15.7 Å². The van der Waals surface area contributed by atoms with Crippen LogP contribution < -0.4 is 10.6 Å². The Bertz CT molecular complexity index is 342. The predicted octanol–water partition coefficient (Wildman–Crippen LogP) is 2.76. The molecule has 0 saturated heterocycles. The molecule has 3 N–H and O–H groups in total. The lowest BCUT2D eigenvalue weighted by Crippen LogP contribution is -2.50. The molecule has 20 heavy (non-hydrogen) atoms. The van der Waals surface area contributed by atoms with Crippen molar-refractivity contribution in [3.8, 4) is 0 Å². The van der Waals surface area contributed by atoms with Crippen LogP contribution in [0.2, 0.25) is 0 Å². The van der Waals surface area contributed by atoms with Crippen LogP contribution in [0.5, 0.6) is 0 Å². The molecule has 2 atom stereocenters. The maximum atomic E-state index is 11.8. The number of amides is 2. The fourth-order valence-corrected chi connectivity index (χ4v) is 2.70. The third kappa shape index (κ3) is 5.39. The number of carboxylic acids is 1. The minimum atomic E-state index is -0.779. The van der Waals surface area contributed by atoms with Crippen LogP contribution in [0, 0.1) is 11.3 Å². The summed E-state index contributed by atoms with van der Waals surface area (Å²) in [6, 6.07) is 0.0992. The van der Waals surface area contributed by atoms with Gasteiger partial charge in [0.25, 0.3) is 0 Å². The molecule has 0 aromatic carbocycles. The van der Waals surface area contributed by atoms with E-state index in [1.807, 2.05) is 0 Å². The van der Waals surface area contributed by atoms with E-state index >= 15 is 0 Å². The molecule has 1 aliphatic rings. The second-order valence-corrected chi connectivity index (χ2v) is 6.57. The molecule has 2 unspecified atom stereocenters. The summed E-state index contributed by atoms with van der Waals surface area (Å²) >= 11 is 0. The molecule has 0 bridgehead atoms. The number of rotatable bonds is 6. The number of nitrogens with one attached hydrogen (secondary N) is 2. The average Bonchev–Trinajstić information content (AvgIpc) is 2.36. The molecule has 0 aliphatic heterocycles. The Morgan fingerprint density at radius 1 is 1.35 bits per heavy atom. The van der Waals surface area contributed by atoms with Crippen molar-refractivity contribution in [2.24, 2.45) is 11.3 Å². The summed E-state index contributed by atoms with van der Waals surface area (Å²) in [5.74, 6) is -1.13. The molecular formula is C15H28N2O3. The highest BCUT2D eigenvalue weighted by Crippen LogP contribution is 2.35. The molecule has 5 nitrogen and oxygen atoms in total. The minimum Gasteiger partial charge on any atom is -0.481 e. The molecule has 1 saturated carbocycles. The Morgan fingerprint density at radius 3 is 2.65 bits per heavy atom. The van der Waals surface area contributed by atoms with Gasteiger partial charge in [-0.15, -0.1) is 0 Å². The van der Waals surface area contributed by atoms with Gasteiger partial charge in [0.1, 0.15) is 0 Å². The normalized spacial score (nSPS) is 22.9. The fraction of sp³-hybridized carbons (Fsp3) is 0.867. The third-order valence-corrected chi connectivity index (χ3v) is 4.33. The molecular weight excluding hydrogens is 256 g/mol. The molecule has 1 rings (SSSR count). The molecule has 116 valence electrons. The van der Waals surface area contributed by atoms with Crippen molar-refractivity contribution >= 4 is 12.0 Å². The van der Waals surface area contributed by atoms with Crippen LogP contribution >= 0.6 is 0 Å². The topological polar surface area (TPSA) is 78.4 Å². The molecule has 1 fully saturated rings. The van der Waals surface area contributed by atoms with E-state index in [2.05, 4.69) is 24.5 Å². The number of hydrogen-bond acceptors (Lipinski definition) is 2. The largest absolute Gasteiger partial charge is 0.481 e. The van der Waals surface area contributed by atoms with Crippen molar-refractivity contribution in [3.05, 3.63) is 0 Å².